The van der Waals surface area contributed by atoms with Crippen LogP contribution in [0.15, 0.2) is 36.7 Å². The predicted octanol–water partition coefficient (Wildman–Crippen LogP) is 2.14. The Morgan fingerprint density at radius 3 is 2.92 bits per heavy atom. The van der Waals surface area contributed by atoms with E-state index in [1.54, 1.807) is 6.20 Å². The van der Waals surface area contributed by atoms with Gasteiger partial charge in [0.1, 0.15) is 6.54 Å². The number of carbonyl (C=O) groups is 2. The SMILES string of the molecule is O=C(Cn1cc(NC(=O)C2CCC2)nn1)Nc1cccc2cc[nH]c12. The quantitative estimate of drug-likeness (QED) is 0.663. The van der Waals surface area contributed by atoms with Gasteiger partial charge in [-0.1, -0.05) is 23.8 Å². The van der Waals surface area contributed by atoms with E-state index in [0.717, 1.165) is 30.2 Å². The lowest BCUT2D eigenvalue weighted by Crippen LogP contribution is -2.28. The summed E-state index contributed by atoms with van der Waals surface area (Å²) in [7, 11) is 0. The molecule has 8 heteroatoms. The fourth-order valence-corrected chi connectivity index (χ4v) is 2.86. The normalized spacial score (nSPS) is 14.2. The Balaban J connectivity index is 1.38. The van der Waals surface area contributed by atoms with Crippen molar-refractivity contribution in [1.82, 2.24) is 20.0 Å². The van der Waals surface area contributed by atoms with Gasteiger partial charge in [-0.05, 0) is 25.0 Å². The minimum absolute atomic E-state index is 0.0173. The van der Waals surface area contributed by atoms with E-state index < -0.39 is 0 Å². The number of para-hydroxylation sites is 1. The molecule has 128 valence electrons. The fraction of sp³-hybridized carbons (Fsp3) is 0.294. The summed E-state index contributed by atoms with van der Waals surface area (Å²) in [6.07, 6.45) is 6.33. The first-order chi connectivity index (χ1) is 12.2. The number of aromatic amines is 1. The van der Waals surface area contributed by atoms with Gasteiger partial charge in [-0.3, -0.25) is 9.59 Å². The molecule has 2 aromatic heterocycles. The van der Waals surface area contributed by atoms with Crippen molar-refractivity contribution in [3.63, 3.8) is 0 Å². The van der Waals surface area contributed by atoms with Crippen LogP contribution in [0.1, 0.15) is 19.3 Å². The second-order valence-corrected chi connectivity index (χ2v) is 6.21. The van der Waals surface area contributed by atoms with E-state index in [9.17, 15) is 9.59 Å². The van der Waals surface area contributed by atoms with Gasteiger partial charge in [-0.25, -0.2) is 4.68 Å². The maximum Gasteiger partial charge on any atom is 0.246 e. The van der Waals surface area contributed by atoms with E-state index >= 15 is 0 Å². The first kappa shape index (κ1) is 15.4. The summed E-state index contributed by atoms with van der Waals surface area (Å²) >= 11 is 0. The van der Waals surface area contributed by atoms with Gasteiger partial charge in [0.15, 0.2) is 5.82 Å². The van der Waals surface area contributed by atoms with Crippen LogP contribution in [0.5, 0.6) is 0 Å². The second kappa shape index (κ2) is 6.39. The molecule has 3 N–H and O–H groups in total. The minimum atomic E-state index is -0.219. The number of hydrogen-bond donors (Lipinski definition) is 3. The van der Waals surface area contributed by atoms with E-state index in [-0.39, 0.29) is 24.3 Å². The van der Waals surface area contributed by atoms with Gasteiger partial charge in [0, 0.05) is 17.5 Å². The van der Waals surface area contributed by atoms with Crippen molar-refractivity contribution >= 4 is 34.2 Å². The van der Waals surface area contributed by atoms with Crippen molar-refractivity contribution in [1.29, 1.82) is 0 Å². The van der Waals surface area contributed by atoms with Gasteiger partial charge in [0.05, 0.1) is 17.4 Å². The number of carbonyl (C=O) groups excluding carboxylic acids is 2. The van der Waals surface area contributed by atoms with Crippen LogP contribution < -0.4 is 10.6 Å². The molecule has 2 amide bonds. The minimum Gasteiger partial charge on any atom is -0.359 e. The first-order valence-corrected chi connectivity index (χ1v) is 8.26. The topological polar surface area (TPSA) is 105 Å². The Kier molecular flexibility index (Phi) is 3.93. The standard InChI is InChI=1S/C17H18N6O2/c24-15(19-13-6-2-3-11-7-8-18-16(11)13)10-23-9-14(21-22-23)20-17(25)12-4-1-5-12/h2-3,6-9,12,18H,1,4-5,10H2,(H,19,24)(H,20,25). The summed E-state index contributed by atoms with van der Waals surface area (Å²) < 4.78 is 1.40. The molecule has 4 rings (SSSR count). The first-order valence-electron chi connectivity index (χ1n) is 8.26. The van der Waals surface area contributed by atoms with E-state index in [0.29, 0.717) is 11.5 Å². The summed E-state index contributed by atoms with van der Waals surface area (Å²) in [6, 6.07) is 7.63. The zero-order valence-corrected chi connectivity index (χ0v) is 13.5. The van der Waals surface area contributed by atoms with Crippen LogP contribution >= 0.6 is 0 Å². The molecular weight excluding hydrogens is 320 g/mol. The van der Waals surface area contributed by atoms with E-state index in [1.165, 1.54) is 4.68 Å². The van der Waals surface area contributed by atoms with Gasteiger partial charge in [0.25, 0.3) is 0 Å². The molecule has 1 aliphatic carbocycles. The van der Waals surface area contributed by atoms with E-state index in [2.05, 4.69) is 25.9 Å². The molecule has 0 saturated heterocycles. The van der Waals surface area contributed by atoms with Gasteiger partial charge in [-0.2, -0.15) is 0 Å². The summed E-state index contributed by atoms with van der Waals surface area (Å²) in [5.74, 6) is 0.205. The molecule has 2 heterocycles. The third-order valence-electron chi connectivity index (χ3n) is 4.43. The number of fused-ring (bicyclic) bond motifs is 1. The van der Waals surface area contributed by atoms with E-state index in [1.807, 2.05) is 30.5 Å². The van der Waals surface area contributed by atoms with Gasteiger partial charge in [0.2, 0.25) is 11.8 Å². The summed E-state index contributed by atoms with van der Waals surface area (Å²) in [6.45, 7) is 0.0173. The number of nitrogens with zero attached hydrogens (tertiary/aromatic N) is 3. The van der Waals surface area contributed by atoms with Crippen molar-refractivity contribution in [3.05, 3.63) is 36.7 Å². The third kappa shape index (κ3) is 3.23. The second-order valence-electron chi connectivity index (χ2n) is 6.21. The number of aromatic nitrogens is 4. The predicted molar refractivity (Wildman–Crippen MR) is 92.9 cm³/mol. The monoisotopic (exact) mass is 338 g/mol. The lowest BCUT2D eigenvalue weighted by Gasteiger charge is -2.23. The molecule has 0 bridgehead atoms. The Morgan fingerprint density at radius 2 is 2.12 bits per heavy atom. The number of amides is 2. The maximum atomic E-state index is 12.2. The lowest BCUT2D eigenvalue weighted by molar-refractivity contribution is -0.122. The van der Waals surface area contributed by atoms with Crippen LogP contribution in [-0.4, -0.2) is 31.8 Å². The third-order valence-corrected chi connectivity index (χ3v) is 4.43. The summed E-state index contributed by atoms with van der Waals surface area (Å²) in [4.78, 5) is 27.2. The van der Waals surface area contributed by atoms with Crippen molar-refractivity contribution < 1.29 is 9.59 Å². The zero-order valence-electron chi connectivity index (χ0n) is 13.5. The number of H-pyrrole nitrogens is 1. The Labute approximate surface area is 143 Å². The average molecular weight is 338 g/mol. The van der Waals surface area contributed by atoms with Crippen LogP contribution in [-0.2, 0) is 16.1 Å². The maximum absolute atomic E-state index is 12.2. The number of anilines is 2. The lowest BCUT2D eigenvalue weighted by atomic mass is 9.85. The molecule has 1 aromatic carbocycles. The molecule has 1 aliphatic rings. The summed E-state index contributed by atoms with van der Waals surface area (Å²) in [5, 5.41) is 14.4. The fourth-order valence-electron chi connectivity index (χ4n) is 2.86. The van der Waals surface area contributed by atoms with Crippen molar-refractivity contribution in [3.8, 4) is 0 Å². The molecule has 0 spiro atoms. The zero-order chi connectivity index (χ0) is 17.2. The number of hydrogen-bond acceptors (Lipinski definition) is 4. The molecule has 3 aromatic rings. The molecule has 0 atom stereocenters. The van der Waals surface area contributed by atoms with Crippen LogP contribution in [0.2, 0.25) is 0 Å². The Hall–Kier alpha value is -3.16. The van der Waals surface area contributed by atoms with Crippen molar-refractivity contribution in [2.24, 2.45) is 5.92 Å². The number of rotatable bonds is 5. The number of benzene rings is 1. The van der Waals surface area contributed by atoms with Gasteiger partial charge < -0.3 is 15.6 Å². The highest BCUT2D eigenvalue weighted by molar-refractivity contribution is 6.00. The largest absolute Gasteiger partial charge is 0.359 e. The average Bonchev–Trinajstić information content (AvgIpc) is 3.15. The molecule has 0 radical (unpaired) electrons. The van der Waals surface area contributed by atoms with Crippen LogP contribution in [0.25, 0.3) is 10.9 Å². The smallest absolute Gasteiger partial charge is 0.246 e. The molecule has 8 nitrogen and oxygen atoms in total. The summed E-state index contributed by atoms with van der Waals surface area (Å²) in [5.41, 5.74) is 1.59. The molecule has 1 fully saturated rings. The Morgan fingerprint density at radius 1 is 1.24 bits per heavy atom. The van der Waals surface area contributed by atoms with Crippen molar-refractivity contribution in [2.45, 2.75) is 25.8 Å². The van der Waals surface area contributed by atoms with Crippen LogP contribution in [0, 0.1) is 5.92 Å². The molecular formula is C17H18N6O2. The Bertz CT molecular complexity index is 924. The van der Waals surface area contributed by atoms with Gasteiger partial charge in [-0.15, -0.1) is 5.10 Å². The number of nitrogens with one attached hydrogen (secondary N) is 3. The van der Waals surface area contributed by atoms with Crippen molar-refractivity contribution in [2.75, 3.05) is 10.6 Å². The van der Waals surface area contributed by atoms with Crippen LogP contribution in [0.4, 0.5) is 11.5 Å². The highest BCUT2D eigenvalue weighted by Crippen LogP contribution is 2.27. The molecule has 0 aliphatic heterocycles. The molecule has 25 heavy (non-hydrogen) atoms. The van der Waals surface area contributed by atoms with Crippen LogP contribution in [0.3, 0.4) is 0 Å². The highest BCUT2D eigenvalue weighted by atomic mass is 16.2. The van der Waals surface area contributed by atoms with Gasteiger partial charge >= 0.3 is 0 Å². The molecule has 0 unspecified atom stereocenters. The molecule has 1 saturated carbocycles. The highest BCUT2D eigenvalue weighted by Gasteiger charge is 2.25. The van der Waals surface area contributed by atoms with E-state index in [4.69, 9.17) is 0 Å².